The lowest BCUT2D eigenvalue weighted by Crippen LogP contribution is -1.79. The van der Waals surface area contributed by atoms with E-state index in [0.29, 0.717) is 0 Å². The highest BCUT2D eigenvalue weighted by Crippen LogP contribution is 2.30. The number of thiophene rings is 1. The van der Waals surface area contributed by atoms with Gasteiger partial charge in [-0.05, 0) is 47.2 Å². The number of fused-ring (bicyclic) bond motifs is 1. The Morgan fingerprint density at radius 3 is 2.92 bits per heavy atom. The summed E-state index contributed by atoms with van der Waals surface area (Å²) in [5, 5.41) is 1.06. The monoisotopic (exact) mass is 306 g/mol. The molecule has 1 heterocycles. The molecule has 0 aliphatic rings. The second-order valence-corrected chi connectivity index (χ2v) is 5.09. The number of halogens is 2. The van der Waals surface area contributed by atoms with Crippen LogP contribution >= 0.6 is 33.9 Å². The lowest BCUT2D eigenvalue weighted by Gasteiger charge is -1.94. The van der Waals surface area contributed by atoms with E-state index in [9.17, 15) is 4.39 Å². The summed E-state index contributed by atoms with van der Waals surface area (Å²) in [6, 6.07) is 5.49. The zero-order chi connectivity index (χ0) is 9.42. The summed E-state index contributed by atoms with van der Waals surface area (Å²) < 4.78 is 15.1. The van der Waals surface area contributed by atoms with E-state index >= 15 is 0 Å². The maximum absolute atomic E-state index is 13.2. The molecule has 1 aromatic carbocycles. The minimum Gasteiger partial charge on any atom is -0.206 e. The Hall–Kier alpha value is -0.160. The molecule has 0 saturated carbocycles. The lowest BCUT2D eigenvalue weighted by molar-refractivity contribution is 0.623. The summed E-state index contributed by atoms with van der Waals surface area (Å²) in [5.41, 5.74) is 0. The van der Waals surface area contributed by atoms with Crippen molar-refractivity contribution < 1.29 is 4.39 Å². The van der Waals surface area contributed by atoms with Crippen LogP contribution in [0.2, 0.25) is 0 Å². The van der Waals surface area contributed by atoms with Crippen molar-refractivity contribution in [2.75, 3.05) is 0 Å². The van der Waals surface area contributed by atoms with Crippen molar-refractivity contribution in [3.63, 3.8) is 0 Å². The molecule has 3 heteroatoms. The highest BCUT2D eigenvalue weighted by atomic mass is 127. The van der Waals surface area contributed by atoms with E-state index in [1.54, 1.807) is 17.4 Å². The van der Waals surface area contributed by atoms with Gasteiger partial charge in [-0.15, -0.1) is 11.3 Å². The van der Waals surface area contributed by atoms with Crippen LogP contribution in [0.25, 0.3) is 10.1 Å². The largest absolute Gasteiger partial charge is 0.206 e. The van der Waals surface area contributed by atoms with E-state index in [-0.39, 0.29) is 5.82 Å². The Balaban J connectivity index is 2.76. The molecule has 0 fully saturated rings. The molecule has 13 heavy (non-hydrogen) atoms. The van der Waals surface area contributed by atoms with Gasteiger partial charge in [0.25, 0.3) is 0 Å². The fourth-order valence-electron chi connectivity index (χ4n) is 1.28. The normalized spacial score (nSPS) is 11.0. The third kappa shape index (κ3) is 1.59. The Morgan fingerprint density at radius 1 is 1.46 bits per heavy atom. The Kier molecular flexibility index (Phi) is 2.55. The smallest absolute Gasteiger partial charge is 0.137 e. The van der Waals surface area contributed by atoms with E-state index in [0.717, 1.165) is 15.4 Å². The molecule has 0 spiro atoms. The van der Waals surface area contributed by atoms with Crippen LogP contribution in [-0.2, 0) is 6.42 Å². The number of hydrogen-bond acceptors (Lipinski definition) is 1. The SMILES string of the molecule is CCc1cc2c(I)c(F)ccc2s1. The topological polar surface area (TPSA) is 0 Å². The van der Waals surface area contributed by atoms with E-state index in [4.69, 9.17) is 0 Å². The first-order chi connectivity index (χ1) is 6.22. The number of rotatable bonds is 1. The van der Waals surface area contributed by atoms with E-state index in [1.165, 1.54) is 9.58 Å². The molecule has 2 rings (SSSR count). The van der Waals surface area contributed by atoms with Crippen LogP contribution in [0.1, 0.15) is 11.8 Å². The molecule has 0 nitrogen and oxygen atoms in total. The summed E-state index contributed by atoms with van der Waals surface area (Å²) in [7, 11) is 0. The highest BCUT2D eigenvalue weighted by Gasteiger charge is 2.07. The van der Waals surface area contributed by atoms with Gasteiger partial charge in [0, 0.05) is 15.0 Å². The van der Waals surface area contributed by atoms with Gasteiger partial charge < -0.3 is 0 Å². The third-order valence-corrected chi connectivity index (χ3v) is 4.33. The second kappa shape index (κ2) is 3.53. The minimum absolute atomic E-state index is 0.117. The van der Waals surface area contributed by atoms with Crippen molar-refractivity contribution >= 4 is 44.0 Å². The van der Waals surface area contributed by atoms with Gasteiger partial charge in [0.15, 0.2) is 0 Å². The molecule has 0 saturated heterocycles. The fourth-order valence-corrected chi connectivity index (χ4v) is 3.10. The summed E-state index contributed by atoms with van der Waals surface area (Å²) in [6.07, 6.45) is 1.02. The molecule has 0 radical (unpaired) electrons. The molecule has 0 unspecified atom stereocenters. The van der Waals surface area contributed by atoms with Gasteiger partial charge in [-0.1, -0.05) is 6.92 Å². The van der Waals surface area contributed by atoms with Crippen LogP contribution in [0.5, 0.6) is 0 Å². The summed E-state index contributed by atoms with van der Waals surface area (Å²) in [5.74, 6) is -0.117. The number of benzene rings is 1. The Bertz CT molecular complexity index is 447. The second-order valence-electron chi connectivity index (χ2n) is 2.84. The van der Waals surface area contributed by atoms with Crippen LogP contribution in [-0.4, -0.2) is 0 Å². The Labute approximate surface area is 93.9 Å². The maximum atomic E-state index is 13.2. The van der Waals surface area contributed by atoms with Crippen LogP contribution < -0.4 is 0 Å². The molecule has 0 atom stereocenters. The first-order valence-corrected chi connectivity index (χ1v) is 5.98. The molecule has 0 aliphatic heterocycles. The van der Waals surface area contributed by atoms with E-state index in [2.05, 4.69) is 35.6 Å². The van der Waals surface area contributed by atoms with Gasteiger partial charge in [-0.25, -0.2) is 4.39 Å². The van der Waals surface area contributed by atoms with Crippen molar-refractivity contribution in [2.24, 2.45) is 0 Å². The molecule has 0 N–H and O–H groups in total. The van der Waals surface area contributed by atoms with Crippen LogP contribution in [0.4, 0.5) is 4.39 Å². The predicted octanol–water partition coefficient (Wildman–Crippen LogP) is 4.21. The number of aryl methyl sites for hydroxylation is 1. The van der Waals surface area contributed by atoms with Gasteiger partial charge in [-0.3, -0.25) is 0 Å². The Morgan fingerprint density at radius 2 is 2.23 bits per heavy atom. The van der Waals surface area contributed by atoms with E-state index in [1.807, 2.05) is 6.07 Å². The van der Waals surface area contributed by atoms with Crippen LogP contribution in [0.3, 0.4) is 0 Å². The fraction of sp³-hybridized carbons (Fsp3) is 0.200. The molecule has 1 aromatic heterocycles. The maximum Gasteiger partial charge on any atom is 0.137 e. The van der Waals surface area contributed by atoms with Gasteiger partial charge in [-0.2, -0.15) is 0 Å². The third-order valence-electron chi connectivity index (χ3n) is 1.99. The van der Waals surface area contributed by atoms with Crippen molar-refractivity contribution in [2.45, 2.75) is 13.3 Å². The van der Waals surface area contributed by atoms with Crippen molar-refractivity contribution in [3.05, 3.63) is 32.5 Å². The summed E-state index contributed by atoms with van der Waals surface area (Å²) >= 11 is 3.81. The lowest BCUT2D eigenvalue weighted by atomic mass is 10.2. The molecule has 68 valence electrons. The number of hydrogen-bond donors (Lipinski definition) is 0. The van der Waals surface area contributed by atoms with Crippen molar-refractivity contribution in [1.29, 1.82) is 0 Å². The van der Waals surface area contributed by atoms with Gasteiger partial charge >= 0.3 is 0 Å². The molecule has 0 bridgehead atoms. The van der Waals surface area contributed by atoms with Crippen molar-refractivity contribution in [1.82, 2.24) is 0 Å². The first-order valence-electron chi connectivity index (χ1n) is 4.08. The zero-order valence-electron chi connectivity index (χ0n) is 7.10. The van der Waals surface area contributed by atoms with Crippen molar-refractivity contribution in [3.8, 4) is 0 Å². The van der Waals surface area contributed by atoms with Gasteiger partial charge in [0.1, 0.15) is 5.82 Å². The quantitative estimate of drug-likeness (QED) is 0.692. The highest BCUT2D eigenvalue weighted by molar-refractivity contribution is 14.1. The summed E-state index contributed by atoms with van der Waals surface area (Å²) in [4.78, 5) is 1.32. The van der Waals surface area contributed by atoms with Crippen LogP contribution in [0, 0.1) is 9.39 Å². The average Bonchev–Trinajstić information content (AvgIpc) is 2.55. The molecule has 0 amide bonds. The molecular weight excluding hydrogens is 298 g/mol. The first kappa shape index (κ1) is 9.40. The molecule has 2 aromatic rings. The van der Waals surface area contributed by atoms with Gasteiger partial charge in [0.2, 0.25) is 0 Å². The molecule has 0 aliphatic carbocycles. The van der Waals surface area contributed by atoms with E-state index < -0.39 is 0 Å². The average molecular weight is 306 g/mol. The van der Waals surface area contributed by atoms with Crippen LogP contribution in [0.15, 0.2) is 18.2 Å². The predicted molar refractivity (Wildman–Crippen MR) is 63.9 cm³/mol. The zero-order valence-corrected chi connectivity index (χ0v) is 10.1. The molecular formula is C10H8FIS. The summed E-state index contributed by atoms with van der Waals surface area (Å²) in [6.45, 7) is 2.12. The standard InChI is InChI=1S/C10H8FIS/c1-2-6-5-7-9(13-6)4-3-8(11)10(7)12/h3-5H,2H2,1H3. The minimum atomic E-state index is -0.117. The van der Waals surface area contributed by atoms with Gasteiger partial charge in [0.05, 0.1) is 3.57 Å².